The first-order valence-corrected chi connectivity index (χ1v) is 14.5. The number of aryl methyl sites for hydroxylation is 1. The Kier molecular flexibility index (Phi) is 20.6. The van der Waals surface area contributed by atoms with E-state index in [-0.39, 0.29) is 34.5 Å². The minimum atomic E-state index is -4.41. The average molecular weight is 475 g/mol. The van der Waals surface area contributed by atoms with E-state index in [2.05, 4.69) is 13.8 Å². The van der Waals surface area contributed by atoms with E-state index in [1.165, 1.54) is 96.0 Å². The van der Waals surface area contributed by atoms with Crippen LogP contribution in [0.3, 0.4) is 0 Å². The van der Waals surface area contributed by atoms with Crippen molar-refractivity contribution in [1.82, 2.24) is 0 Å². The van der Waals surface area contributed by atoms with E-state index in [1.54, 1.807) is 6.07 Å². The molecule has 0 aliphatic rings. The smallest absolute Gasteiger partial charge is 0.744 e. The first-order chi connectivity index (χ1) is 15.0. The van der Waals surface area contributed by atoms with Gasteiger partial charge in [0.25, 0.3) is 0 Å². The summed E-state index contributed by atoms with van der Waals surface area (Å²) in [4.78, 5) is 0.0167. The van der Waals surface area contributed by atoms with Crippen LogP contribution >= 0.6 is 0 Å². The summed E-state index contributed by atoms with van der Waals surface area (Å²) in [6.45, 7) is 4.47. The molecule has 1 aromatic carbocycles. The molecular weight excluding hydrogens is 427 g/mol. The molecule has 0 amide bonds. The fourth-order valence-electron chi connectivity index (χ4n) is 4.43. The van der Waals surface area contributed by atoms with Crippen molar-refractivity contribution in [2.45, 2.75) is 141 Å². The van der Waals surface area contributed by atoms with E-state index in [0.29, 0.717) is 6.42 Å². The third-order valence-electron chi connectivity index (χ3n) is 6.33. The first-order valence-electron chi connectivity index (χ1n) is 13.1. The van der Waals surface area contributed by atoms with Crippen LogP contribution in [-0.2, 0) is 23.0 Å². The van der Waals surface area contributed by atoms with Crippen LogP contribution in [-0.4, -0.2) is 13.0 Å². The quantitative estimate of drug-likeness (QED) is 0.145. The molecule has 0 fully saturated rings. The van der Waals surface area contributed by atoms with Crippen LogP contribution in [0.15, 0.2) is 23.1 Å². The van der Waals surface area contributed by atoms with Gasteiger partial charge >= 0.3 is 29.6 Å². The van der Waals surface area contributed by atoms with Gasteiger partial charge in [0, 0.05) is 0 Å². The summed E-state index contributed by atoms with van der Waals surface area (Å²) < 4.78 is 35.4. The van der Waals surface area contributed by atoms with Gasteiger partial charge in [0.15, 0.2) is 0 Å². The second kappa shape index (κ2) is 20.5. The monoisotopic (exact) mass is 474 g/mol. The zero-order valence-electron chi connectivity index (χ0n) is 21.3. The molecule has 1 aromatic rings. The average Bonchev–Trinajstić information content (AvgIpc) is 2.74. The zero-order chi connectivity index (χ0) is 22.8. The number of hydrogen-bond acceptors (Lipinski definition) is 3. The SMILES string of the molecule is CCCCCCCCCCCCc1cccc(S(=O)(=O)[O-])c1CCCCCCCCC.[Na+]. The number of rotatable bonds is 20. The molecule has 0 unspecified atom stereocenters. The molecule has 0 heterocycles. The van der Waals surface area contributed by atoms with Gasteiger partial charge in [-0.3, -0.25) is 0 Å². The summed E-state index contributed by atoms with van der Waals surface area (Å²) in [5.41, 5.74) is 1.87. The van der Waals surface area contributed by atoms with Gasteiger partial charge in [-0.05, 0) is 42.9 Å². The van der Waals surface area contributed by atoms with Crippen molar-refractivity contribution in [1.29, 1.82) is 0 Å². The summed E-state index contributed by atoms with van der Waals surface area (Å²) in [5.74, 6) is 0. The topological polar surface area (TPSA) is 57.2 Å². The van der Waals surface area contributed by atoms with Gasteiger partial charge in [-0.25, -0.2) is 8.42 Å². The standard InChI is InChI=1S/C27H48O3S.Na/c1-3-5-7-9-11-12-13-15-16-18-21-25-22-20-24-27(31(28,29)30)26(25)23-19-17-14-10-8-6-4-2;/h20,22,24H,3-19,21,23H2,1-2H3,(H,28,29,30);/q;+1/p-1. The summed E-state index contributed by atoms with van der Waals surface area (Å²) in [7, 11) is -4.41. The maximum Gasteiger partial charge on any atom is 1.00 e. The number of unbranched alkanes of at least 4 members (excludes halogenated alkanes) is 15. The first kappa shape index (κ1) is 32.1. The molecule has 180 valence electrons. The fourth-order valence-corrected chi connectivity index (χ4v) is 5.21. The molecule has 0 aliphatic heterocycles. The van der Waals surface area contributed by atoms with Crippen LogP contribution in [0.4, 0.5) is 0 Å². The van der Waals surface area contributed by atoms with E-state index < -0.39 is 10.1 Å². The molecule has 0 N–H and O–H groups in total. The Hall–Kier alpha value is 0.130. The molecule has 0 bridgehead atoms. The maximum absolute atomic E-state index is 11.8. The molecule has 5 heteroatoms. The molecule has 0 atom stereocenters. The van der Waals surface area contributed by atoms with Crippen molar-refractivity contribution in [2.24, 2.45) is 0 Å². The second-order valence-corrected chi connectivity index (χ2v) is 10.5. The molecule has 0 radical (unpaired) electrons. The maximum atomic E-state index is 11.8. The Balaban J connectivity index is 0.00000961. The molecule has 0 saturated carbocycles. The van der Waals surface area contributed by atoms with Gasteiger partial charge in [0.1, 0.15) is 10.1 Å². The molecule has 0 saturated heterocycles. The summed E-state index contributed by atoms with van der Waals surface area (Å²) in [6.07, 6.45) is 22.8. The fraction of sp³-hybridized carbons (Fsp3) is 0.778. The minimum Gasteiger partial charge on any atom is -0.744 e. The Morgan fingerprint density at radius 1 is 0.625 bits per heavy atom. The summed E-state index contributed by atoms with van der Waals surface area (Å²) in [5, 5.41) is 0. The molecule has 3 nitrogen and oxygen atoms in total. The largest absolute Gasteiger partial charge is 1.00 e. The molecule has 0 spiro atoms. The molecule has 1 rings (SSSR count). The van der Waals surface area contributed by atoms with Crippen LogP contribution in [0.1, 0.15) is 134 Å². The van der Waals surface area contributed by atoms with Crippen molar-refractivity contribution in [2.75, 3.05) is 0 Å². The van der Waals surface area contributed by atoms with Gasteiger partial charge in [-0.1, -0.05) is 122 Å². The van der Waals surface area contributed by atoms with E-state index in [0.717, 1.165) is 36.8 Å². The van der Waals surface area contributed by atoms with E-state index in [9.17, 15) is 13.0 Å². The molecule has 0 aliphatic carbocycles. The Labute approximate surface area is 221 Å². The third kappa shape index (κ3) is 15.1. The predicted octanol–water partition coefficient (Wildman–Crippen LogP) is 5.35. The van der Waals surface area contributed by atoms with Gasteiger partial charge < -0.3 is 4.55 Å². The summed E-state index contributed by atoms with van der Waals surface area (Å²) in [6, 6.07) is 5.27. The molecular formula is C27H47NaO3S. The Morgan fingerprint density at radius 2 is 1.03 bits per heavy atom. The van der Waals surface area contributed by atoms with Crippen LogP contribution in [0.5, 0.6) is 0 Å². The van der Waals surface area contributed by atoms with Crippen molar-refractivity contribution in [3.63, 3.8) is 0 Å². The Bertz CT molecular complexity index is 673. The zero-order valence-corrected chi connectivity index (χ0v) is 24.1. The van der Waals surface area contributed by atoms with Crippen LogP contribution in [0, 0.1) is 0 Å². The molecule has 32 heavy (non-hydrogen) atoms. The van der Waals surface area contributed by atoms with Gasteiger partial charge in [0.05, 0.1) is 4.90 Å². The van der Waals surface area contributed by atoms with Gasteiger partial charge in [-0.2, -0.15) is 0 Å². The predicted molar refractivity (Wildman–Crippen MR) is 132 cm³/mol. The van der Waals surface area contributed by atoms with Gasteiger partial charge in [-0.15, -0.1) is 0 Å². The minimum absolute atomic E-state index is 0. The van der Waals surface area contributed by atoms with Crippen LogP contribution in [0.25, 0.3) is 0 Å². The Morgan fingerprint density at radius 3 is 1.47 bits per heavy atom. The van der Waals surface area contributed by atoms with Crippen molar-refractivity contribution in [3.05, 3.63) is 29.3 Å². The van der Waals surface area contributed by atoms with Crippen molar-refractivity contribution in [3.8, 4) is 0 Å². The van der Waals surface area contributed by atoms with E-state index >= 15 is 0 Å². The second-order valence-electron chi connectivity index (χ2n) is 9.15. The third-order valence-corrected chi connectivity index (χ3v) is 7.25. The summed E-state index contributed by atoms with van der Waals surface area (Å²) >= 11 is 0. The van der Waals surface area contributed by atoms with Crippen LogP contribution < -0.4 is 29.6 Å². The number of hydrogen-bond donors (Lipinski definition) is 0. The van der Waals surface area contributed by atoms with Gasteiger partial charge in [0.2, 0.25) is 0 Å². The van der Waals surface area contributed by atoms with E-state index in [1.807, 2.05) is 6.07 Å². The molecule has 0 aromatic heterocycles. The normalized spacial score (nSPS) is 11.5. The van der Waals surface area contributed by atoms with E-state index in [4.69, 9.17) is 0 Å². The van der Waals surface area contributed by atoms with Crippen molar-refractivity contribution >= 4 is 10.1 Å². The number of benzene rings is 1. The van der Waals surface area contributed by atoms with Crippen LogP contribution in [0.2, 0.25) is 0 Å². The van der Waals surface area contributed by atoms with Crippen molar-refractivity contribution < 1.29 is 42.5 Å².